The van der Waals surface area contributed by atoms with Crippen LogP contribution in [-0.4, -0.2) is 0 Å². The summed E-state index contributed by atoms with van der Waals surface area (Å²) in [4.78, 5) is 0. The molecule has 0 saturated heterocycles. The lowest BCUT2D eigenvalue weighted by Gasteiger charge is -2.21. The van der Waals surface area contributed by atoms with Gasteiger partial charge in [0.15, 0.2) is 0 Å². The highest BCUT2D eigenvalue weighted by atomic mass is 19.0. The molecule has 0 spiro atoms. The van der Waals surface area contributed by atoms with E-state index >= 15 is 0 Å². The topological polar surface area (TPSA) is 0 Å². The zero-order valence-corrected chi connectivity index (χ0v) is 18.1. The maximum Gasteiger partial charge on any atom is -0.0149 e. The minimum atomic E-state index is 0. The fourth-order valence-corrected chi connectivity index (χ4v) is 4.50. The van der Waals surface area contributed by atoms with Crippen LogP contribution >= 0.6 is 0 Å². The van der Waals surface area contributed by atoms with Crippen LogP contribution < -0.4 is 0 Å². The Morgan fingerprint density at radius 2 is 1.00 bits per heavy atom. The van der Waals surface area contributed by atoms with Gasteiger partial charge in [-0.2, -0.15) is 0 Å². The first-order valence-electron chi connectivity index (χ1n) is 11.6. The molecular weight excluding hydrogens is 343 g/mol. The molecule has 0 radical (unpaired) electrons. The quantitative estimate of drug-likeness (QED) is 0.343. The first-order valence-corrected chi connectivity index (χ1v) is 11.6. The number of hydrogen-bond donors (Lipinski definition) is 0. The Balaban J connectivity index is 0.00000280. The minimum absolute atomic E-state index is 0. The van der Waals surface area contributed by atoms with Gasteiger partial charge in [0.1, 0.15) is 0 Å². The molecule has 1 aliphatic carbocycles. The third kappa shape index (κ3) is 6.19. The number of rotatable bonds is 11. The Morgan fingerprint density at radius 1 is 0.571 bits per heavy atom. The third-order valence-electron chi connectivity index (χ3n) is 6.18. The molecule has 2 aromatic carbocycles. The van der Waals surface area contributed by atoms with Gasteiger partial charge in [0.2, 0.25) is 0 Å². The molecule has 3 rings (SSSR count). The average Bonchev–Trinajstić information content (AvgIpc) is 2.70. The molecule has 0 saturated carbocycles. The van der Waals surface area contributed by atoms with E-state index in [0.717, 1.165) is 0 Å². The first kappa shape index (κ1) is 22.7. The van der Waals surface area contributed by atoms with E-state index in [1.54, 1.807) is 16.7 Å². The Labute approximate surface area is 172 Å². The second-order valence-electron chi connectivity index (χ2n) is 8.46. The second-order valence-corrected chi connectivity index (χ2v) is 8.46. The molecule has 0 nitrogen and oxygen atoms in total. The second kappa shape index (κ2) is 12.0. The van der Waals surface area contributed by atoms with Crippen molar-refractivity contribution >= 4 is 0 Å². The molecule has 0 bridgehead atoms. The lowest BCUT2D eigenvalue weighted by Crippen LogP contribution is -2.05. The van der Waals surface area contributed by atoms with Gasteiger partial charge < -0.3 is 0 Å². The summed E-state index contributed by atoms with van der Waals surface area (Å²) < 4.78 is 0. The van der Waals surface area contributed by atoms with Gasteiger partial charge in [0.25, 0.3) is 0 Å². The van der Waals surface area contributed by atoms with Gasteiger partial charge in [-0.1, -0.05) is 95.2 Å². The molecule has 0 fully saturated rings. The van der Waals surface area contributed by atoms with Gasteiger partial charge in [-0.25, -0.2) is 0 Å². The summed E-state index contributed by atoms with van der Waals surface area (Å²) in [5, 5.41) is 0. The maximum atomic E-state index is 2.50. The molecule has 0 aliphatic heterocycles. The van der Waals surface area contributed by atoms with Crippen LogP contribution in [0.1, 0.15) is 93.9 Å². The Bertz CT molecular complexity index is 716. The third-order valence-corrected chi connectivity index (χ3v) is 6.18. The van der Waals surface area contributed by atoms with E-state index in [-0.39, 0.29) is 4.70 Å². The molecule has 154 valence electrons. The van der Waals surface area contributed by atoms with Crippen molar-refractivity contribution in [1.29, 1.82) is 0 Å². The van der Waals surface area contributed by atoms with E-state index in [1.165, 1.54) is 100 Å². The zero-order chi connectivity index (χ0) is 18.9. The van der Waals surface area contributed by atoms with E-state index in [4.69, 9.17) is 0 Å². The summed E-state index contributed by atoms with van der Waals surface area (Å²) in [7, 11) is 0. The molecule has 1 heteroatoms. The van der Waals surface area contributed by atoms with Crippen molar-refractivity contribution in [3.05, 3.63) is 58.7 Å². The van der Waals surface area contributed by atoms with Crippen LogP contribution in [0.25, 0.3) is 11.1 Å². The molecule has 28 heavy (non-hydrogen) atoms. The van der Waals surface area contributed by atoms with Gasteiger partial charge in [0.05, 0.1) is 0 Å². The average molecular weight is 383 g/mol. The molecule has 0 aromatic heterocycles. The van der Waals surface area contributed by atoms with Gasteiger partial charge >= 0.3 is 0 Å². The summed E-state index contributed by atoms with van der Waals surface area (Å²) in [6, 6.07) is 14.5. The lowest BCUT2D eigenvalue weighted by molar-refractivity contribution is 0.632. The maximum absolute atomic E-state index is 2.50. The van der Waals surface area contributed by atoms with Crippen LogP contribution in [0.4, 0.5) is 4.70 Å². The van der Waals surface area contributed by atoms with Crippen molar-refractivity contribution in [2.45, 2.75) is 97.3 Å². The minimum Gasteiger partial charge on any atom is -0.269 e. The van der Waals surface area contributed by atoms with Gasteiger partial charge in [-0.3, -0.25) is 4.70 Å². The van der Waals surface area contributed by atoms with Crippen LogP contribution in [0.15, 0.2) is 36.4 Å². The lowest BCUT2D eigenvalue weighted by atomic mass is 9.83. The zero-order valence-electron chi connectivity index (χ0n) is 18.1. The highest BCUT2D eigenvalue weighted by Gasteiger charge is 2.16. The number of fused-ring (bicyclic) bond motifs is 3. The highest BCUT2D eigenvalue weighted by molar-refractivity contribution is 5.73. The number of aryl methyl sites for hydroxylation is 4. The van der Waals surface area contributed by atoms with Crippen LogP contribution in [0.2, 0.25) is 0 Å². The van der Waals surface area contributed by atoms with E-state index in [9.17, 15) is 0 Å². The SMILES string of the molecule is CCCCCCCc1ccc2c(c1)CCc1cc(CCCCCC)ccc1-2.F. The Hall–Kier alpha value is -1.63. The monoisotopic (exact) mass is 382 g/mol. The van der Waals surface area contributed by atoms with Crippen LogP contribution in [0.5, 0.6) is 0 Å². The number of hydrogen-bond acceptors (Lipinski definition) is 0. The van der Waals surface area contributed by atoms with E-state index < -0.39 is 0 Å². The van der Waals surface area contributed by atoms with Crippen molar-refractivity contribution < 1.29 is 4.70 Å². The van der Waals surface area contributed by atoms with Crippen molar-refractivity contribution in [2.24, 2.45) is 0 Å². The van der Waals surface area contributed by atoms with Crippen LogP contribution in [-0.2, 0) is 25.7 Å². The van der Waals surface area contributed by atoms with E-state index in [1.807, 2.05) is 0 Å². The fourth-order valence-electron chi connectivity index (χ4n) is 4.50. The fraction of sp³-hybridized carbons (Fsp3) is 0.556. The van der Waals surface area contributed by atoms with Crippen molar-refractivity contribution in [3.63, 3.8) is 0 Å². The molecule has 0 atom stereocenters. The molecule has 0 N–H and O–H groups in total. The number of halogens is 1. The molecule has 0 heterocycles. The van der Waals surface area contributed by atoms with Gasteiger partial charge in [-0.15, -0.1) is 0 Å². The van der Waals surface area contributed by atoms with Crippen molar-refractivity contribution in [1.82, 2.24) is 0 Å². The van der Waals surface area contributed by atoms with E-state index in [0.29, 0.717) is 0 Å². The first-order chi connectivity index (χ1) is 13.3. The molecule has 0 unspecified atom stereocenters. The smallest absolute Gasteiger partial charge is 0.0149 e. The number of unbranched alkanes of at least 4 members (excludes halogenated alkanes) is 7. The normalized spacial score (nSPS) is 12.2. The summed E-state index contributed by atoms with van der Waals surface area (Å²) in [5.74, 6) is 0. The van der Waals surface area contributed by atoms with Crippen molar-refractivity contribution in [3.8, 4) is 11.1 Å². The molecular formula is C27H39F. The van der Waals surface area contributed by atoms with Crippen LogP contribution in [0, 0.1) is 0 Å². The standard InChI is InChI=1S/C27H38.FH/c1-3-5-7-9-11-13-23-15-19-27-25(21-23)17-16-24-20-22(14-18-26(24)27)12-10-8-6-4-2;/h14-15,18-21H,3-13,16-17H2,1-2H3;1H. The summed E-state index contributed by atoms with van der Waals surface area (Å²) in [5.41, 5.74) is 9.21. The predicted octanol–water partition coefficient (Wildman–Crippen LogP) is 8.24. The van der Waals surface area contributed by atoms with Gasteiger partial charge in [-0.05, 0) is 71.9 Å². The van der Waals surface area contributed by atoms with E-state index in [2.05, 4.69) is 50.2 Å². The van der Waals surface area contributed by atoms with Crippen molar-refractivity contribution in [2.75, 3.05) is 0 Å². The van der Waals surface area contributed by atoms with Gasteiger partial charge in [0, 0.05) is 0 Å². The molecule has 0 amide bonds. The number of benzene rings is 2. The molecule has 2 aromatic rings. The highest BCUT2D eigenvalue weighted by Crippen LogP contribution is 2.35. The summed E-state index contributed by atoms with van der Waals surface area (Å²) in [6.45, 7) is 4.57. The predicted molar refractivity (Wildman–Crippen MR) is 122 cm³/mol. The van der Waals surface area contributed by atoms with Crippen LogP contribution in [0.3, 0.4) is 0 Å². The Kier molecular flexibility index (Phi) is 9.75. The molecule has 1 aliphatic rings. The largest absolute Gasteiger partial charge is 0.269 e. The summed E-state index contributed by atoms with van der Waals surface area (Å²) in [6.07, 6.45) is 17.2. The Morgan fingerprint density at radius 3 is 1.46 bits per heavy atom. The summed E-state index contributed by atoms with van der Waals surface area (Å²) >= 11 is 0.